The quantitative estimate of drug-likeness (QED) is 0.0932. The minimum absolute atomic E-state index is 0.0769. The summed E-state index contributed by atoms with van der Waals surface area (Å²) in [6, 6.07) is 0. The van der Waals surface area contributed by atoms with Gasteiger partial charge in [0.2, 0.25) is 0 Å². The maximum Gasteiger partial charge on any atom is 0.0540 e. The van der Waals surface area contributed by atoms with E-state index in [0.717, 1.165) is 51.4 Å². The second-order valence-electron chi connectivity index (χ2n) is 9.93. The van der Waals surface area contributed by atoms with Gasteiger partial charge in [-0.15, -0.1) is 0 Å². The lowest BCUT2D eigenvalue weighted by molar-refractivity contribution is 0.147. The molecule has 0 saturated heterocycles. The van der Waals surface area contributed by atoms with Gasteiger partial charge in [-0.25, -0.2) is 0 Å². The zero-order valence-corrected chi connectivity index (χ0v) is 24.1. The van der Waals surface area contributed by atoms with E-state index < -0.39 is 0 Å². The predicted octanol–water partition coefficient (Wildman–Crippen LogP) is 11.5. The van der Waals surface area contributed by atoms with Crippen molar-refractivity contribution in [2.24, 2.45) is 0 Å². The molecule has 0 aromatic rings. The first kappa shape index (κ1) is 34.4. The molecule has 206 valence electrons. The van der Waals surface area contributed by atoms with Gasteiger partial charge in [0.25, 0.3) is 0 Å². The third-order valence-electron chi connectivity index (χ3n) is 6.38. The lowest BCUT2D eigenvalue weighted by Gasteiger charge is -2.10. The number of aliphatic hydroxyl groups excluding tert-OH is 1. The molecule has 0 amide bonds. The van der Waals surface area contributed by atoms with Gasteiger partial charge >= 0.3 is 0 Å². The van der Waals surface area contributed by atoms with Crippen molar-refractivity contribution in [1.82, 2.24) is 0 Å². The van der Waals surface area contributed by atoms with Crippen LogP contribution in [0.1, 0.15) is 142 Å². The summed E-state index contributed by atoms with van der Waals surface area (Å²) in [7, 11) is 0. The summed E-state index contributed by atoms with van der Waals surface area (Å²) in [6.07, 6.45) is 50.8. The largest absolute Gasteiger partial charge is 0.393 e. The highest BCUT2D eigenvalue weighted by Crippen LogP contribution is 2.14. The third-order valence-corrected chi connectivity index (χ3v) is 6.38. The van der Waals surface area contributed by atoms with Gasteiger partial charge in [0.05, 0.1) is 6.10 Å². The summed E-state index contributed by atoms with van der Waals surface area (Å²) >= 11 is 0. The van der Waals surface area contributed by atoms with E-state index in [9.17, 15) is 5.11 Å². The van der Waals surface area contributed by atoms with Crippen LogP contribution in [-0.4, -0.2) is 11.2 Å². The van der Waals surface area contributed by atoms with Crippen molar-refractivity contribution in [3.63, 3.8) is 0 Å². The molecule has 0 unspecified atom stereocenters. The molecule has 0 aromatic carbocycles. The molecule has 0 bridgehead atoms. The van der Waals surface area contributed by atoms with Crippen LogP contribution in [0.25, 0.3) is 0 Å². The van der Waals surface area contributed by atoms with Crippen molar-refractivity contribution in [3.8, 4) is 0 Å². The fourth-order valence-corrected chi connectivity index (χ4v) is 4.14. The molecule has 0 aliphatic heterocycles. The van der Waals surface area contributed by atoms with E-state index in [1.165, 1.54) is 77.0 Å². The van der Waals surface area contributed by atoms with Crippen molar-refractivity contribution in [1.29, 1.82) is 0 Å². The van der Waals surface area contributed by atoms with E-state index in [1.807, 2.05) is 0 Å². The first-order valence-electron chi connectivity index (χ1n) is 15.4. The highest BCUT2D eigenvalue weighted by Gasteiger charge is 2.03. The molecule has 0 aliphatic carbocycles. The van der Waals surface area contributed by atoms with Gasteiger partial charge in [0, 0.05) is 0 Å². The molecule has 1 heteroatoms. The molecule has 0 radical (unpaired) electrons. The lowest BCUT2D eigenvalue weighted by Crippen LogP contribution is -2.05. The molecule has 0 fully saturated rings. The van der Waals surface area contributed by atoms with Crippen LogP contribution in [-0.2, 0) is 0 Å². The Labute approximate surface area is 226 Å². The summed E-state index contributed by atoms with van der Waals surface area (Å²) in [5, 5.41) is 10.2. The fourth-order valence-electron chi connectivity index (χ4n) is 4.14. The molecule has 36 heavy (non-hydrogen) atoms. The van der Waals surface area contributed by atoms with E-state index in [0.29, 0.717) is 0 Å². The summed E-state index contributed by atoms with van der Waals surface area (Å²) in [6.45, 7) is 4.34. The Hall–Kier alpha value is -1.60. The van der Waals surface area contributed by atoms with Crippen molar-refractivity contribution in [2.45, 2.75) is 148 Å². The van der Waals surface area contributed by atoms with Crippen LogP contribution in [0.5, 0.6) is 0 Å². The van der Waals surface area contributed by atoms with Crippen LogP contribution in [0, 0.1) is 0 Å². The number of hydrogen-bond donors (Lipinski definition) is 1. The van der Waals surface area contributed by atoms with Gasteiger partial charge < -0.3 is 5.11 Å². The Kier molecular flexibility index (Phi) is 30.0. The van der Waals surface area contributed by atoms with Crippen LogP contribution >= 0.6 is 0 Å². The van der Waals surface area contributed by atoms with E-state index in [-0.39, 0.29) is 6.10 Å². The van der Waals surface area contributed by atoms with Crippen molar-refractivity contribution >= 4 is 0 Å². The second-order valence-corrected chi connectivity index (χ2v) is 9.93. The number of rotatable bonds is 26. The van der Waals surface area contributed by atoms with Gasteiger partial charge in [-0.2, -0.15) is 0 Å². The Morgan fingerprint density at radius 1 is 0.389 bits per heavy atom. The Balaban J connectivity index is 3.34. The van der Waals surface area contributed by atoms with Crippen molar-refractivity contribution in [3.05, 3.63) is 72.9 Å². The number of hydrogen-bond acceptors (Lipinski definition) is 1. The number of aliphatic hydroxyl groups is 1. The van der Waals surface area contributed by atoms with Gasteiger partial charge in [-0.3, -0.25) is 0 Å². The standard InChI is InChI=1S/C35H60O/c1-3-5-7-9-11-13-15-17-19-21-23-25-27-29-31-33-35(36)34-32-30-28-26-24-22-20-18-16-14-12-10-8-6-4-2/h5-8,11-14,17-20,35-36H,3-4,9-10,15-16,21-34H2,1-2H3. The smallest absolute Gasteiger partial charge is 0.0540 e. The summed E-state index contributed by atoms with van der Waals surface area (Å²) in [5.41, 5.74) is 0. The molecule has 0 heterocycles. The first-order valence-corrected chi connectivity index (χ1v) is 15.4. The Bertz CT molecular complexity index is 538. The highest BCUT2D eigenvalue weighted by molar-refractivity contribution is 4.97. The number of allylic oxidation sites excluding steroid dienone is 12. The Morgan fingerprint density at radius 3 is 1.08 bits per heavy atom. The molecule has 0 rings (SSSR count). The lowest BCUT2D eigenvalue weighted by atomic mass is 10.0. The SMILES string of the molecule is CCC=CCC=CCC=CCCCCCCCC(O)CCCCCCCC=CCC=CCC=CCC. The molecule has 1 N–H and O–H groups in total. The molecular formula is C35H60O. The summed E-state index contributed by atoms with van der Waals surface area (Å²) in [5.74, 6) is 0. The molecule has 0 aliphatic rings. The summed E-state index contributed by atoms with van der Waals surface area (Å²) < 4.78 is 0. The van der Waals surface area contributed by atoms with Crippen LogP contribution in [0.4, 0.5) is 0 Å². The molecule has 1 nitrogen and oxygen atoms in total. The van der Waals surface area contributed by atoms with Gasteiger partial charge in [0.1, 0.15) is 0 Å². The molecular weight excluding hydrogens is 436 g/mol. The maximum absolute atomic E-state index is 10.2. The zero-order valence-electron chi connectivity index (χ0n) is 24.1. The minimum Gasteiger partial charge on any atom is -0.393 e. The summed E-state index contributed by atoms with van der Waals surface area (Å²) in [4.78, 5) is 0. The predicted molar refractivity (Wildman–Crippen MR) is 165 cm³/mol. The topological polar surface area (TPSA) is 20.2 Å². The highest BCUT2D eigenvalue weighted by atomic mass is 16.3. The first-order chi connectivity index (χ1) is 17.8. The van der Waals surface area contributed by atoms with Crippen LogP contribution in [0.15, 0.2) is 72.9 Å². The van der Waals surface area contributed by atoms with Crippen molar-refractivity contribution < 1.29 is 5.11 Å². The van der Waals surface area contributed by atoms with Crippen molar-refractivity contribution in [2.75, 3.05) is 0 Å². The maximum atomic E-state index is 10.2. The van der Waals surface area contributed by atoms with Crippen LogP contribution < -0.4 is 0 Å². The normalized spacial score (nSPS) is 13.8. The van der Waals surface area contributed by atoms with E-state index >= 15 is 0 Å². The number of unbranched alkanes of at least 4 members (excludes halogenated alkanes) is 10. The fraction of sp³-hybridized carbons (Fsp3) is 0.657. The van der Waals surface area contributed by atoms with Crippen LogP contribution in [0.3, 0.4) is 0 Å². The molecule has 0 saturated carbocycles. The zero-order chi connectivity index (χ0) is 26.2. The monoisotopic (exact) mass is 496 g/mol. The van der Waals surface area contributed by atoms with E-state index in [2.05, 4.69) is 86.8 Å². The van der Waals surface area contributed by atoms with Gasteiger partial charge in [-0.05, 0) is 77.0 Å². The minimum atomic E-state index is -0.0769. The molecule has 0 aromatic heterocycles. The van der Waals surface area contributed by atoms with E-state index in [4.69, 9.17) is 0 Å². The van der Waals surface area contributed by atoms with E-state index in [1.54, 1.807) is 0 Å². The molecule has 0 spiro atoms. The van der Waals surface area contributed by atoms with Gasteiger partial charge in [-0.1, -0.05) is 138 Å². The second kappa shape index (κ2) is 31.4. The van der Waals surface area contributed by atoms with Crippen LogP contribution in [0.2, 0.25) is 0 Å². The average Bonchev–Trinajstić information content (AvgIpc) is 2.88. The van der Waals surface area contributed by atoms with Gasteiger partial charge in [0.15, 0.2) is 0 Å². The Morgan fingerprint density at radius 2 is 0.694 bits per heavy atom. The third kappa shape index (κ3) is 30.4. The molecule has 0 atom stereocenters. The average molecular weight is 497 g/mol.